The van der Waals surface area contributed by atoms with Gasteiger partial charge in [0.25, 0.3) is 0 Å². The van der Waals surface area contributed by atoms with Crippen molar-refractivity contribution in [2.45, 2.75) is 44.7 Å². The summed E-state index contributed by atoms with van der Waals surface area (Å²) < 4.78 is 1.15. The fraction of sp³-hybridized carbons (Fsp3) is 0.562. The van der Waals surface area contributed by atoms with Crippen LogP contribution in [0, 0.1) is 5.92 Å². The smallest absolute Gasteiger partial charge is 0.308 e. The van der Waals surface area contributed by atoms with Crippen LogP contribution in [-0.4, -0.2) is 34.6 Å². The fourth-order valence-corrected chi connectivity index (χ4v) is 4.21. The van der Waals surface area contributed by atoms with Crippen LogP contribution in [0.4, 0.5) is 0 Å². The highest BCUT2D eigenvalue weighted by molar-refractivity contribution is 9.10. The first-order valence-electron chi connectivity index (χ1n) is 7.32. The number of aliphatic carboxylic acids is 1. The Labute approximate surface area is 128 Å². The van der Waals surface area contributed by atoms with Crippen molar-refractivity contribution in [3.05, 3.63) is 33.8 Å². The zero-order valence-corrected chi connectivity index (χ0v) is 13.3. The van der Waals surface area contributed by atoms with Gasteiger partial charge in [0.1, 0.15) is 0 Å². The Hall–Kier alpha value is -0.870. The normalized spacial score (nSPS) is 30.2. The Bertz CT molecular complexity index is 531. The second kappa shape index (κ2) is 5.49. The minimum absolute atomic E-state index is 0.162. The van der Waals surface area contributed by atoms with Gasteiger partial charge in [0.15, 0.2) is 0 Å². The van der Waals surface area contributed by atoms with Gasteiger partial charge in [-0.25, -0.2) is 0 Å². The van der Waals surface area contributed by atoms with Gasteiger partial charge >= 0.3 is 5.97 Å². The zero-order valence-electron chi connectivity index (χ0n) is 11.7. The van der Waals surface area contributed by atoms with Crippen molar-refractivity contribution < 1.29 is 9.90 Å². The molecule has 1 aromatic carbocycles. The summed E-state index contributed by atoms with van der Waals surface area (Å²) in [7, 11) is 0. The number of rotatable bonds is 2. The lowest BCUT2D eigenvalue weighted by atomic mass is 9.87. The summed E-state index contributed by atoms with van der Waals surface area (Å²) in [6, 6.07) is 7.20. The quantitative estimate of drug-likeness (QED) is 0.901. The van der Waals surface area contributed by atoms with E-state index in [4.69, 9.17) is 0 Å². The van der Waals surface area contributed by atoms with Crippen molar-refractivity contribution in [2.24, 2.45) is 5.92 Å². The maximum absolute atomic E-state index is 11.2. The van der Waals surface area contributed by atoms with E-state index >= 15 is 0 Å². The molecule has 2 aliphatic rings. The van der Waals surface area contributed by atoms with Gasteiger partial charge in [-0.05, 0) is 62.4 Å². The molecule has 20 heavy (non-hydrogen) atoms. The third-order valence-electron chi connectivity index (χ3n) is 4.96. The molecule has 3 nitrogen and oxygen atoms in total. The van der Waals surface area contributed by atoms with E-state index in [1.165, 1.54) is 11.1 Å². The van der Waals surface area contributed by atoms with Gasteiger partial charge in [-0.2, -0.15) is 0 Å². The van der Waals surface area contributed by atoms with Crippen LogP contribution in [0.2, 0.25) is 0 Å². The number of carboxylic acid groups (broad SMARTS) is 1. The molecule has 4 heteroatoms. The Kier molecular flexibility index (Phi) is 3.87. The van der Waals surface area contributed by atoms with Crippen molar-refractivity contribution in [3.8, 4) is 0 Å². The SMILES string of the molecule is CC1C(C(=O)O)CCN1C1CCc2cc(Br)ccc2C1. The molecule has 1 aliphatic carbocycles. The first kappa shape index (κ1) is 14.1. The summed E-state index contributed by atoms with van der Waals surface area (Å²) in [5, 5.41) is 9.26. The van der Waals surface area contributed by atoms with E-state index in [9.17, 15) is 9.90 Å². The molecule has 1 saturated heterocycles. The largest absolute Gasteiger partial charge is 0.481 e. The molecule has 1 aliphatic heterocycles. The number of fused-ring (bicyclic) bond motifs is 1. The number of hydrogen-bond acceptors (Lipinski definition) is 2. The lowest BCUT2D eigenvalue weighted by Crippen LogP contribution is -2.43. The highest BCUT2D eigenvalue weighted by Crippen LogP contribution is 2.33. The van der Waals surface area contributed by atoms with Crippen LogP contribution in [0.15, 0.2) is 22.7 Å². The first-order valence-corrected chi connectivity index (χ1v) is 8.11. The summed E-state index contributed by atoms with van der Waals surface area (Å²) in [5.41, 5.74) is 2.87. The minimum atomic E-state index is -0.639. The molecule has 108 valence electrons. The van der Waals surface area contributed by atoms with Crippen LogP contribution < -0.4 is 0 Å². The summed E-state index contributed by atoms with van der Waals surface area (Å²) in [6.07, 6.45) is 4.08. The van der Waals surface area contributed by atoms with E-state index in [0.717, 1.165) is 36.7 Å². The topological polar surface area (TPSA) is 40.5 Å². The Morgan fingerprint density at radius 3 is 2.85 bits per heavy atom. The maximum atomic E-state index is 11.2. The van der Waals surface area contributed by atoms with Gasteiger partial charge in [0.05, 0.1) is 5.92 Å². The summed E-state index contributed by atoms with van der Waals surface area (Å²) in [4.78, 5) is 13.7. The monoisotopic (exact) mass is 337 g/mol. The van der Waals surface area contributed by atoms with Crippen LogP contribution in [-0.2, 0) is 17.6 Å². The molecule has 0 radical (unpaired) electrons. The van der Waals surface area contributed by atoms with Crippen molar-refractivity contribution in [1.82, 2.24) is 4.90 Å². The molecule has 0 spiro atoms. The Morgan fingerprint density at radius 1 is 1.35 bits per heavy atom. The zero-order chi connectivity index (χ0) is 14.3. The number of benzene rings is 1. The Morgan fingerprint density at radius 2 is 2.15 bits per heavy atom. The van der Waals surface area contributed by atoms with Gasteiger partial charge in [0.2, 0.25) is 0 Å². The molecule has 1 N–H and O–H groups in total. The molecule has 0 aromatic heterocycles. The number of aryl methyl sites for hydroxylation is 1. The third-order valence-corrected chi connectivity index (χ3v) is 5.45. The molecule has 3 unspecified atom stereocenters. The van der Waals surface area contributed by atoms with Gasteiger partial charge in [0, 0.05) is 16.6 Å². The molecule has 0 saturated carbocycles. The molecule has 0 amide bonds. The van der Waals surface area contributed by atoms with E-state index in [0.29, 0.717) is 6.04 Å². The maximum Gasteiger partial charge on any atom is 0.308 e. The fourth-order valence-electron chi connectivity index (χ4n) is 3.80. The van der Waals surface area contributed by atoms with Crippen molar-refractivity contribution in [2.75, 3.05) is 6.54 Å². The van der Waals surface area contributed by atoms with Gasteiger partial charge < -0.3 is 5.11 Å². The molecule has 1 fully saturated rings. The van der Waals surface area contributed by atoms with E-state index in [2.05, 4.69) is 46.0 Å². The van der Waals surface area contributed by atoms with Gasteiger partial charge in [-0.1, -0.05) is 22.0 Å². The summed E-state index contributed by atoms with van der Waals surface area (Å²) in [6.45, 7) is 3.00. The lowest BCUT2D eigenvalue weighted by molar-refractivity contribution is -0.142. The number of carboxylic acids is 1. The van der Waals surface area contributed by atoms with Crippen molar-refractivity contribution in [1.29, 1.82) is 0 Å². The van der Waals surface area contributed by atoms with E-state index < -0.39 is 5.97 Å². The average Bonchev–Trinajstić information content (AvgIpc) is 2.80. The molecule has 3 atom stereocenters. The van der Waals surface area contributed by atoms with Crippen LogP contribution in [0.5, 0.6) is 0 Å². The molecule has 0 bridgehead atoms. The lowest BCUT2D eigenvalue weighted by Gasteiger charge is -2.35. The van der Waals surface area contributed by atoms with E-state index in [1.807, 2.05) is 0 Å². The number of hydrogen-bond donors (Lipinski definition) is 1. The first-order chi connectivity index (χ1) is 9.56. The van der Waals surface area contributed by atoms with Gasteiger partial charge in [-0.15, -0.1) is 0 Å². The van der Waals surface area contributed by atoms with Crippen LogP contribution in [0.25, 0.3) is 0 Å². The average molecular weight is 338 g/mol. The number of nitrogens with zero attached hydrogens (tertiary/aromatic N) is 1. The van der Waals surface area contributed by atoms with Crippen LogP contribution in [0.3, 0.4) is 0 Å². The van der Waals surface area contributed by atoms with Crippen molar-refractivity contribution >= 4 is 21.9 Å². The predicted octanol–water partition coefficient (Wildman–Crippen LogP) is 3.10. The standard InChI is InChI=1S/C16H20BrNO2/c1-10-15(16(19)20)6-7-18(10)14-5-3-11-8-13(17)4-2-12(11)9-14/h2,4,8,10,14-15H,3,5-7,9H2,1H3,(H,19,20). The Balaban J connectivity index is 1.74. The molecule has 1 heterocycles. The van der Waals surface area contributed by atoms with Crippen LogP contribution >= 0.6 is 15.9 Å². The van der Waals surface area contributed by atoms with Gasteiger partial charge in [-0.3, -0.25) is 9.69 Å². The number of likely N-dealkylation sites (tertiary alicyclic amines) is 1. The van der Waals surface area contributed by atoms with Crippen LogP contribution in [0.1, 0.15) is 30.9 Å². The summed E-state index contributed by atoms with van der Waals surface area (Å²) in [5.74, 6) is -0.832. The molecular weight excluding hydrogens is 318 g/mol. The van der Waals surface area contributed by atoms with E-state index in [1.54, 1.807) is 0 Å². The molecular formula is C16H20BrNO2. The third kappa shape index (κ3) is 2.51. The van der Waals surface area contributed by atoms with E-state index in [-0.39, 0.29) is 12.0 Å². The molecule has 1 aromatic rings. The highest BCUT2D eigenvalue weighted by atomic mass is 79.9. The minimum Gasteiger partial charge on any atom is -0.481 e. The number of carbonyl (C=O) groups is 1. The second-order valence-electron chi connectivity index (χ2n) is 6.02. The highest BCUT2D eigenvalue weighted by Gasteiger charge is 2.39. The van der Waals surface area contributed by atoms with Crippen molar-refractivity contribution in [3.63, 3.8) is 0 Å². The predicted molar refractivity (Wildman–Crippen MR) is 81.9 cm³/mol. The molecule has 3 rings (SSSR count). The summed E-state index contributed by atoms with van der Waals surface area (Å²) >= 11 is 3.53. The second-order valence-corrected chi connectivity index (χ2v) is 6.94. The number of halogens is 1.